The minimum Gasteiger partial charge on any atom is -0.352 e. The predicted molar refractivity (Wildman–Crippen MR) is 75.6 cm³/mol. The molecule has 0 saturated heterocycles. The van der Waals surface area contributed by atoms with Crippen LogP contribution in [0.25, 0.3) is 0 Å². The molecule has 0 aromatic rings. The van der Waals surface area contributed by atoms with E-state index < -0.39 is 0 Å². The van der Waals surface area contributed by atoms with Gasteiger partial charge in [0, 0.05) is 18.1 Å². The van der Waals surface area contributed by atoms with E-state index in [0.717, 1.165) is 13.0 Å². The molecule has 4 heteroatoms. The van der Waals surface area contributed by atoms with Gasteiger partial charge in [0.15, 0.2) is 0 Å². The van der Waals surface area contributed by atoms with Gasteiger partial charge in [-0.05, 0) is 53.6 Å². The molecule has 4 nitrogen and oxygen atoms in total. The zero-order chi connectivity index (χ0) is 13.8. The Morgan fingerprint density at radius 2 is 1.94 bits per heavy atom. The summed E-state index contributed by atoms with van der Waals surface area (Å²) in [6.45, 7) is 6.96. The number of nitrogens with one attached hydrogen (secondary N) is 2. The van der Waals surface area contributed by atoms with Crippen molar-refractivity contribution in [2.45, 2.75) is 64.1 Å². The number of carbonyl (C=O) groups excluding carboxylic acids is 1. The van der Waals surface area contributed by atoms with Crippen molar-refractivity contribution < 1.29 is 4.79 Å². The van der Waals surface area contributed by atoms with Crippen molar-refractivity contribution in [1.29, 1.82) is 0 Å². The highest BCUT2D eigenvalue weighted by Crippen LogP contribution is 2.35. The Bertz CT molecular complexity index is 274. The van der Waals surface area contributed by atoms with Crippen molar-refractivity contribution in [3.05, 3.63) is 0 Å². The van der Waals surface area contributed by atoms with Gasteiger partial charge in [-0.1, -0.05) is 6.92 Å². The number of nitrogens with zero attached hydrogens (tertiary/aromatic N) is 1. The van der Waals surface area contributed by atoms with Gasteiger partial charge in [0.25, 0.3) is 0 Å². The van der Waals surface area contributed by atoms with E-state index in [4.69, 9.17) is 0 Å². The second-order valence-electron chi connectivity index (χ2n) is 5.89. The van der Waals surface area contributed by atoms with Crippen LogP contribution in [-0.2, 0) is 4.79 Å². The van der Waals surface area contributed by atoms with Crippen LogP contribution >= 0.6 is 0 Å². The van der Waals surface area contributed by atoms with Crippen LogP contribution in [0.2, 0.25) is 0 Å². The number of hydrogen-bond acceptors (Lipinski definition) is 3. The largest absolute Gasteiger partial charge is 0.352 e. The molecule has 0 aliphatic heterocycles. The van der Waals surface area contributed by atoms with E-state index in [1.807, 2.05) is 13.8 Å². The summed E-state index contributed by atoms with van der Waals surface area (Å²) in [6, 6.07) is 0.143. The van der Waals surface area contributed by atoms with E-state index >= 15 is 0 Å². The van der Waals surface area contributed by atoms with E-state index in [1.165, 1.54) is 19.3 Å². The summed E-state index contributed by atoms with van der Waals surface area (Å²) in [4.78, 5) is 14.2. The summed E-state index contributed by atoms with van der Waals surface area (Å²) in [5.74, 6) is 0.109. The van der Waals surface area contributed by atoms with E-state index in [1.54, 1.807) is 0 Å². The fraction of sp³-hybridized carbons (Fsp3) is 0.929. The summed E-state index contributed by atoms with van der Waals surface area (Å²) in [5, 5.41) is 6.40. The monoisotopic (exact) mass is 255 g/mol. The number of amides is 1. The smallest absolute Gasteiger partial charge is 0.237 e. The van der Waals surface area contributed by atoms with Gasteiger partial charge in [-0.15, -0.1) is 0 Å². The first kappa shape index (κ1) is 15.4. The molecule has 1 saturated carbocycles. The average molecular weight is 255 g/mol. The normalized spacial score (nSPS) is 21.2. The van der Waals surface area contributed by atoms with Gasteiger partial charge in [-0.3, -0.25) is 4.79 Å². The molecule has 0 heterocycles. The lowest BCUT2D eigenvalue weighted by atomic mass is 9.75. The molecule has 2 N–H and O–H groups in total. The van der Waals surface area contributed by atoms with Gasteiger partial charge in [-0.2, -0.15) is 0 Å². The van der Waals surface area contributed by atoms with Crippen LogP contribution in [0.5, 0.6) is 0 Å². The molecule has 0 spiro atoms. The summed E-state index contributed by atoms with van der Waals surface area (Å²) in [6.07, 6.45) is 4.73. The van der Waals surface area contributed by atoms with Gasteiger partial charge in [0.1, 0.15) is 0 Å². The molecule has 0 bridgehead atoms. The third kappa shape index (κ3) is 3.69. The molecule has 1 fully saturated rings. The van der Waals surface area contributed by atoms with Crippen molar-refractivity contribution in [3.8, 4) is 0 Å². The van der Waals surface area contributed by atoms with Crippen molar-refractivity contribution in [2.24, 2.45) is 0 Å². The summed E-state index contributed by atoms with van der Waals surface area (Å²) < 4.78 is 0. The van der Waals surface area contributed by atoms with Crippen LogP contribution in [0.15, 0.2) is 0 Å². The van der Waals surface area contributed by atoms with E-state index in [-0.39, 0.29) is 23.5 Å². The van der Waals surface area contributed by atoms with Crippen molar-refractivity contribution in [2.75, 3.05) is 20.6 Å². The molecule has 0 aromatic heterocycles. The van der Waals surface area contributed by atoms with Crippen LogP contribution < -0.4 is 10.6 Å². The SMILES string of the molecule is CCC(C)NC(=O)C(C)NCC1(N(C)C)CCC1. The van der Waals surface area contributed by atoms with Gasteiger partial charge < -0.3 is 15.5 Å². The fourth-order valence-corrected chi connectivity index (χ4v) is 2.27. The molecule has 1 amide bonds. The molecule has 1 rings (SSSR count). The minimum atomic E-state index is -0.114. The second-order valence-corrected chi connectivity index (χ2v) is 5.89. The number of likely N-dealkylation sites (N-methyl/N-ethyl adjacent to an activating group) is 1. The molecule has 18 heavy (non-hydrogen) atoms. The Morgan fingerprint density at radius 1 is 1.33 bits per heavy atom. The third-order valence-electron chi connectivity index (χ3n) is 4.36. The van der Waals surface area contributed by atoms with Crippen LogP contribution in [0.3, 0.4) is 0 Å². The Labute approximate surface area is 111 Å². The topological polar surface area (TPSA) is 44.4 Å². The molecule has 106 valence electrons. The molecule has 0 radical (unpaired) electrons. The van der Waals surface area contributed by atoms with Crippen molar-refractivity contribution in [1.82, 2.24) is 15.5 Å². The first-order chi connectivity index (χ1) is 8.41. The van der Waals surface area contributed by atoms with Gasteiger partial charge in [0.2, 0.25) is 5.91 Å². The summed E-state index contributed by atoms with van der Waals surface area (Å²) >= 11 is 0. The van der Waals surface area contributed by atoms with Crippen molar-refractivity contribution >= 4 is 5.91 Å². The third-order valence-corrected chi connectivity index (χ3v) is 4.36. The Morgan fingerprint density at radius 3 is 2.33 bits per heavy atom. The van der Waals surface area contributed by atoms with Gasteiger partial charge >= 0.3 is 0 Å². The maximum atomic E-state index is 11.9. The maximum Gasteiger partial charge on any atom is 0.237 e. The van der Waals surface area contributed by atoms with Crippen LogP contribution in [-0.4, -0.2) is 49.1 Å². The number of carbonyl (C=O) groups is 1. The predicted octanol–water partition coefficient (Wildman–Crippen LogP) is 1.36. The van der Waals surface area contributed by atoms with Crippen LogP contribution in [0, 0.1) is 0 Å². The van der Waals surface area contributed by atoms with Crippen molar-refractivity contribution in [3.63, 3.8) is 0 Å². The number of rotatable bonds is 7. The van der Waals surface area contributed by atoms with Crippen LogP contribution in [0.1, 0.15) is 46.5 Å². The highest BCUT2D eigenvalue weighted by atomic mass is 16.2. The molecule has 0 aromatic carbocycles. The molecule has 1 aliphatic rings. The highest BCUT2D eigenvalue weighted by molar-refractivity contribution is 5.81. The molecule has 1 aliphatic carbocycles. The molecular weight excluding hydrogens is 226 g/mol. The van der Waals surface area contributed by atoms with E-state index in [0.29, 0.717) is 0 Å². The number of hydrogen-bond donors (Lipinski definition) is 2. The Hall–Kier alpha value is -0.610. The van der Waals surface area contributed by atoms with E-state index in [9.17, 15) is 4.79 Å². The maximum absolute atomic E-state index is 11.9. The Balaban J connectivity index is 2.36. The highest BCUT2D eigenvalue weighted by Gasteiger charge is 2.39. The van der Waals surface area contributed by atoms with Gasteiger partial charge in [0.05, 0.1) is 6.04 Å². The lowest BCUT2D eigenvalue weighted by molar-refractivity contribution is -0.123. The minimum absolute atomic E-state index is 0.109. The first-order valence-electron chi connectivity index (χ1n) is 7.12. The lowest BCUT2D eigenvalue weighted by Crippen LogP contribution is -2.59. The molecule has 2 atom stereocenters. The summed E-state index contributed by atoms with van der Waals surface area (Å²) in [7, 11) is 4.26. The standard InChI is InChI=1S/C14H29N3O/c1-6-11(2)16-13(18)12(3)15-10-14(17(4)5)8-7-9-14/h11-12,15H,6-10H2,1-5H3,(H,16,18). The summed E-state index contributed by atoms with van der Waals surface area (Å²) in [5.41, 5.74) is 0.269. The second kappa shape index (κ2) is 6.53. The molecular formula is C14H29N3O. The van der Waals surface area contributed by atoms with Gasteiger partial charge in [-0.25, -0.2) is 0 Å². The lowest BCUT2D eigenvalue weighted by Gasteiger charge is -2.48. The fourth-order valence-electron chi connectivity index (χ4n) is 2.27. The zero-order valence-corrected chi connectivity index (χ0v) is 12.5. The average Bonchev–Trinajstić information content (AvgIpc) is 2.26. The van der Waals surface area contributed by atoms with Crippen LogP contribution in [0.4, 0.5) is 0 Å². The quantitative estimate of drug-likeness (QED) is 0.722. The van der Waals surface area contributed by atoms with E-state index in [2.05, 4.69) is 36.6 Å². The Kier molecular flexibility index (Phi) is 5.60. The first-order valence-corrected chi connectivity index (χ1v) is 7.12. The zero-order valence-electron chi connectivity index (χ0n) is 12.5. The molecule has 2 unspecified atom stereocenters.